The predicted octanol–water partition coefficient (Wildman–Crippen LogP) is 1.11. The van der Waals surface area contributed by atoms with Gasteiger partial charge in [-0.15, -0.1) is 0 Å². The van der Waals surface area contributed by atoms with Crippen LogP contribution in [0.15, 0.2) is 17.0 Å². The highest BCUT2D eigenvalue weighted by atomic mass is 32.2. The molecule has 0 bridgehead atoms. The van der Waals surface area contributed by atoms with Gasteiger partial charge < -0.3 is 10.1 Å². The molecule has 7 heteroatoms. The zero-order chi connectivity index (χ0) is 16.2. The van der Waals surface area contributed by atoms with E-state index in [0.717, 1.165) is 5.56 Å². The highest BCUT2D eigenvalue weighted by Gasteiger charge is 2.19. The zero-order valence-electron chi connectivity index (χ0n) is 12.8. The second kappa shape index (κ2) is 7.02. The summed E-state index contributed by atoms with van der Waals surface area (Å²) in [6, 6.07) is 2.65. The van der Waals surface area contributed by atoms with Crippen LogP contribution in [0.2, 0.25) is 0 Å². The number of aryl methyl sites for hydroxylation is 1. The third-order valence-corrected chi connectivity index (χ3v) is 4.30. The maximum Gasteiger partial charge on any atom is 0.251 e. The molecule has 0 radical (unpaired) electrons. The molecule has 6 nitrogen and oxygen atoms in total. The third kappa shape index (κ3) is 4.52. The summed E-state index contributed by atoms with van der Waals surface area (Å²) in [5, 5.41) is 7.97. The van der Waals surface area contributed by atoms with Gasteiger partial charge in [-0.2, -0.15) is 0 Å². The Morgan fingerprint density at radius 1 is 1.38 bits per heavy atom. The van der Waals surface area contributed by atoms with Crippen LogP contribution in [0.25, 0.3) is 0 Å². The van der Waals surface area contributed by atoms with Crippen LogP contribution in [0, 0.1) is 13.8 Å². The van der Waals surface area contributed by atoms with E-state index in [1.54, 1.807) is 21.0 Å². The van der Waals surface area contributed by atoms with Crippen LogP contribution in [0.4, 0.5) is 0 Å². The van der Waals surface area contributed by atoms with Crippen molar-refractivity contribution in [1.82, 2.24) is 5.32 Å². The topological polar surface area (TPSA) is 98.5 Å². The van der Waals surface area contributed by atoms with Crippen molar-refractivity contribution in [3.05, 3.63) is 28.8 Å². The zero-order valence-corrected chi connectivity index (χ0v) is 13.6. The highest BCUT2D eigenvalue weighted by molar-refractivity contribution is 7.89. The van der Waals surface area contributed by atoms with Crippen LogP contribution in [0.1, 0.15) is 34.8 Å². The largest absolute Gasteiger partial charge is 0.383 e. The van der Waals surface area contributed by atoms with E-state index >= 15 is 0 Å². The summed E-state index contributed by atoms with van der Waals surface area (Å²) >= 11 is 0. The molecule has 0 spiro atoms. The summed E-state index contributed by atoms with van der Waals surface area (Å²) < 4.78 is 28.0. The number of carbonyl (C=O) groups is 1. The van der Waals surface area contributed by atoms with Gasteiger partial charge in [-0.3, -0.25) is 4.79 Å². The van der Waals surface area contributed by atoms with Crippen molar-refractivity contribution in [3.63, 3.8) is 0 Å². The molecule has 1 aromatic rings. The van der Waals surface area contributed by atoms with Gasteiger partial charge in [-0.25, -0.2) is 13.6 Å². The van der Waals surface area contributed by atoms with E-state index < -0.39 is 10.0 Å². The minimum Gasteiger partial charge on any atom is -0.383 e. The molecule has 1 rings (SSSR count). The summed E-state index contributed by atoms with van der Waals surface area (Å²) in [5.74, 6) is -0.329. The Bertz CT molecular complexity index is 626. The van der Waals surface area contributed by atoms with Gasteiger partial charge in [0.05, 0.1) is 17.5 Å². The van der Waals surface area contributed by atoms with Crippen LogP contribution in [-0.4, -0.2) is 34.1 Å². The maximum atomic E-state index is 12.3. The van der Waals surface area contributed by atoms with Gasteiger partial charge in [-0.05, 0) is 43.5 Å². The monoisotopic (exact) mass is 314 g/mol. The summed E-state index contributed by atoms with van der Waals surface area (Å²) in [6.07, 6.45) is 0.715. The molecule has 1 unspecified atom stereocenters. The van der Waals surface area contributed by atoms with Gasteiger partial charge >= 0.3 is 0 Å². The Morgan fingerprint density at radius 2 is 2.00 bits per heavy atom. The first-order valence-electron chi connectivity index (χ1n) is 6.64. The molecule has 118 valence electrons. The number of carbonyl (C=O) groups excluding carboxylic acids is 1. The summed E-state index contributed by atoms with van der Waals surface area (Å²) in [4.78, 5) is 12.3. The smallest absolute Gasteiger partial charge is 0.251 e. The minimum atomic E-state index is -3.85. The van der Waals surface area contributed by atoms with E-state index in [0.29, 0.717) is 24.2 Å². The van der Waals surface area contributed by atoms with Gasteiger partial charge in [-0.1, -0.05) is 6.92 Å². The number of hydrogen-bond donors (Lipinski definition) is 2. The number of benzene rings is 1. The van der Waals surface area contributed by atoms with E-state index in [-0.39, 0.29) is 16.8 Å². The van der Waals surface area contributed by atoms with Gasteiger partial charge in [0.15, 0.2) is 0 Å². The molecule has 1 atom stereocenters. The summed E-state index contributed by atoms with van der Waals surface area (Å²) in [6.45, 7) is 5.85. The standard InChI is InChI=1S/C14H22N2O4S/c1-5-11(8-20-4)16-14(17)13-7-12(21(15,18)19)6-9(2)10(13)3/h6-7,11H,5,8H2,1-4H3,(H,16,17)(H2,15,18,19). The number of amides is 1. The molecule has 0 aliphatic rings. The number of rotatable bonds is 6. The summed E-state index contributed by atoms with van der Waals surface area (Å²) in [7, 11) is -2.29. The third-order valence-electron chi connectivity index (χ3n) is 3.41. The minimum absolute atomic E-state index is 0.0597. The second-order valence-corrected chi connectivity index (χ2v) is 6.55. The van der Waals surface area contributed by atoms with E-state index in [2.05, 4.69) is 5.32 Å². The lowest BCUT2D eigenvalue weighted by molar-refractivity contribution is 0.0893. The fraction of sp³-hybridized carbons (Fsp3) is 0.500. The van der Waals surface area contributed by atoms with Crippen molar-refractivity contribution in [1.29, 1.82) is 0 Å². The number of hydrogen-bond acceptors (Lipinski definition) is 4. The first-order valence-corrected chi connectivity index (χ1v) is 8.19. The molecule has 1 amide bonds. The molecule has 21 heavy (non-hydrogen) atoms. The van der Waals surface area contributed by atoms with Crippen LogP contribution in [0.5, 0.6) is 0 Å². The van der Waals surface area contributed by atoms with Crippen LogP contribution < -0.4 is 10.5 Å². The quantitative estimate of drug-likeness (QED) is 0.821. The first kappa shape index (κ1) is 17.6. The summed E-state index contributed by atoms with van der Waals surface area (Å²) in [5.41, 5.74) is 1.74. The Morgan fingerprint density at radius 3 is 2.48 bits per heavy atom. The van der Waals surface area contributed by atoms with Gasteiger partial charge in [0.1, 0.15) is 0 Å². The Kier molecular flexibility index (Phi) is 5.88. The first-order chi connectivity index (χ1) is 9.70. The molecule has 1 aromatic carbocycles. The Hall–Kier alpha value is -1.44. The van der Waals surface area contributed by atoms with Crippen molar-refractivity contribution < 1.29 is 17.9 Å². The predicted molar refractivity (Wildman–Crippen MR) is 80.7 cm³/mol. The lowest BCUT2D eigenvalue weighted by Gasteiger charge is -2.18. The van der Waals surface area contributed by atoms with Crippen LogP contribution in [-0.2, 0) is 14.8 Å². The lowest BCUT2D eigenvalue weighted by Crippen LogP contribution is -2.38. The highest BCUT2D eigenvalue weighted by Crippen LogP contribution is 2.19. The molecule has 0 aliphatic heterocycles. The Balaban J connectivity index is 3.17. The van der Waals surface area contributed by atoms with E-state index in [4.69, 9.17) is 9.88 Å². The molecular weight excluding hydrogens is 292 g/mol. The van der Waals surface area contributed by atoms with Crippen molar-refractivity contribution in [2.24, 2.45) is 5.14 Å². The molecule has 0 aromatic heterocycles. The normalized spacial score (nSPS) is 13.0. The van der Waals surface area contributed by atoms with Gasteiger partial charge in [0, 0.05) is 12.7 Å². The fourth-order valence-corrected chi connectivity index (χ4v) is 2.58. The van der Waals surface area contributed by atoms with Crippen molar-refractivity contribution in [2.75, 3.05) is 13.7 Å². The number of methoxy groups -OCH3 is 1. The molecule has 3 N–H and O–H groups in total. The second-order valence-electron chi connectivity index (χ2n) is 4.99. The number of sulfonamides is 1. The number of ether oxygens (including phenoxy) is 1. The van der Waals surface area contributed by atoms with Gasteiger partial charge in [0.2, 0.25) is 10.0 Å². The van der Waals surface area contributed by atoms with E-state index in [1.165, 1.54) is 12.1 Å². The van der Waals surface area contributed by atoms with E-state index in [9.17, 15) is 13.2 Å². The molecule has 0 saturated carbocycles. The van der Waals surface area contributed by atoms with Gasteiger partial charge in [0.25, 0.3) is 5.91 Å². The maximum absolute atomic E-state index is 12.3. The number of primary sulfonamides is 1. The number of nitrogens with two attached hydrogens (primary N) is 1. The molecule has 0 fully saturated rings. The molecule has 0 aliphatic carbocycles. The SMILES string of the molecule is CCC(COC)NC(=O)c1cc(S(N)(=O)=O)cc(C)c1C. The van der Waals surface area contributed by atoms with Crippen molar-refractivity contribution in [3.8, 4) is 0 Å². The average molecular weight is 314 g/mol. The van der Waals surface area contributed by atoms with Crippen molar-refractivity contribution >= 4 is 15.9 Å². The average Bonchev–Trinajstić information content (AvgIpc) is 2.39. The molecule has 0 heterocycles. The molecule has 0 saturated heterocycles. The van der Waals surface area contributed by atoms with Crippen molar-refractivity contribution in [2.45, 2.75) is 38.1 Å². The van der Waals surface area contributed by atoms with Crippen LogP contribution in [0.3, 0.4) is 0 Å². The van der Waals surface area contributed by atoms with Crippen LogP contribution >= 0.6 is 0 Å². The van der Waals surface area contributed by atoms with E-state index in [1.807, 2.05) is 6.92 Å². The fourth-order valence-electron chi connectivity index (χ4n) is 1.95. The Labute approximate surface area is 125 Å². The molecular formula is C14H22N2O4S. The lowest BCUT2D eigenvalue weighted by atomic mass is 10.0. The number of nitrogens with one attached hydrogen (secondary N) is 1.